The Morgan fingerprint density at radius 1 is 1.50 bits per heavy atom. The molecular weight excluding hydrogens is 130 g/mol. The van der Waals surface area contributed by atoms with Crippen molar-refractivity contribution in [3.63, 3.8) is 0 Å². The third kappa shape index (κ3) is 1.78. The summed E-state index contributed by atoms with van der Waals surface area (Å²) in [7, 11) is 0. The van der Waals surface area contributed by atoms with Crippen LogP contribution in [-0.4, -0.2) is 36.2 Å². The summed E-state index contributed by atoms with van der Waals surface area (Å²) in [6.45, 7) is 5.71. The van der Waals surface area contributed by atoms with Gasteiger partial charge in [0.1, 0.15) is 6.23 Å². The molecular formula is C6H13N3O. The smallest absolute Gasteiger partial charge is 0.128 e. The maximum absolute atomic E-state index is 9.21. The highest BCUT2D eigenvalue weighted by atomic mass is 16.3. The summed E-state index contributed by atoms with van der Waals surface area (Å²) in [4.78, 5) is 1.83. The second kappa shape index (κ2) is 3.68. The molecule has 3 N–H and O–H groups in total. The van der Waals surface area contributed by atoms with Crippen molar-refractivity contribution in [2.75, 3.05) is 20.0 Å². The molecule has 1 saturated heterocycles. The van der Waals surface area contributed by atoms with E-state index in [0.717, 1.165) is 6.67 Å². The summed E-state index contributed by atoms with van der Waals surface area (Å²) in [5.74, 6) is 0. The van der Waals surface area contributed by atoms with Gasteiger partial charge in [0.25, 0.3) is 0 Å². The van der Waals surface area contributed by atoms with Crippen molar-refractivity contribution in [3.05, 3.63) is 12.7 Å². The average Bonchev–Trinajstić information content (AvgIpc) is 2.05. The number of rotatable bonds is 2. The molecule has 1 atom stereocenters. The number of aliphatic hydroxyl groups excluding tert-OH is 1. The summed E-state index contributed by atoms with van der Waals surface area (Å²) in [5.41, 5.74) is 0. The van der Waals surface area contributed by atoms with E-state index in [2.05, 4.69) is 17.2 Å². The van der Waals surface area contributed by atoms with Crippen LogP contribution in [0.1, 0.15) is 0 Å². The van der Waals surface area contributed by atoms with Crippen LogP contribution in [0.15, 0.2) is 12.7 Å². The van der Waals surface area contributed by atoms with Crippen molar-refractivity contribution < 1.29 is 5.11 Å². The SMILES string of the molecule is C=CC(O)N1CNCNC1. The molecule has 1 unspecified atom stereocenters. The van der Waals surface area contributed by atoms with Crippen molar-refractivity contribution >= 4 is 0 Å². The number of nitrogens with one attached hydrogen (secondary N) is 2. The fraction of sp³-hybridized carbons (Fsp3) is 0.667. The van der Waals surface area contributed by atoms with Crippen molar-refractivity contribution in [3.8, 4) is 0 Å². The topological polar surface area (TPSA) is 47.5 Å². The zero-order valence-corrected chi connectivity index (χ0v) is 5.88. The van der Waals surface area contributed by atoms with Crippen LogP contribution >= 0.6 is 0 Å². The fourth-order valence-electron chi connectivity index (χ4n) is 0.879. The van der Waals surface area contributed by atoms with E-state index in [-0.39, 0.29) is 0 Å². The van der Waals surface area contributed by atoms with Gasteiger partial charge in [-0.15, -0.1) is 0 Å². The van der Waals surface area contributed by atoms with Crippen LogP contribution in [0.25, 0.3) is 0 Å². The van der Waals surface area contributed by atoms with Gasteiger partial charge in [0.15, 0.2) is 0 Å². The molecule has 1 rings (SSSR count). The van der Waals surface area contributed by atoms with Gasteiger partial charge in [-0.1, -0.05) is 6.58 Å². The highest BCUT2D eigenvalue weighted by Gasteiger charge is 2.13. The number of hydrogen-bond donors (Lipinski definition) is 3. The Morgan fingerprint density at radius 3 is 2.60 bits per heavy atom. The molecule has 0 aliphatic carbocycles. The second-order valence-electron chi connectivity index (χ2n) is 2.23. The zero-order valence-electron chi connectivity index (χ0n) is 5.88. The van der Waals surface area contributed by atoms with Crippen LogP contribution in [0.4, 0.5) is 0 Å². The van der Waals surface area contributed by atoms with Crippen LogP contribution in [0, 0.1) is 0 Å². The molecule has 0 amide bonds. The zero-order chi connectivity index (χ0) is 7.40. The third-order valence-corrected chi connectivity index (χ3v) is 1.46. The highest BCUT2D eigenvalue weighted by molar-refractivity contribution is 4.79. The van der Waals surface area contributed by atoms with E-state index in [4.69, 9.17) is 0 Å². The summed E-state index contributed by atoms with van der Waals surface area (Å²) < 4.78 is 0. The van der Waals surface area contributed by atoms with Gasteiger partial charge in [-0.25, -0.2) is 4.90 Å². The Kier molecular flexibility index (Phi) is 2.82. The van der Waals surface area contributed by atoms with Gasteiger partial charge in [-0.05, 0) is 6.08 Å². The fourth-order valence-corrected chi connectivity index (χ4v) is 0.879. The van der Waals surface area contributed by atoms with Gasteiger partial charge in [-0.3, -0.25) is 10.6 Å². The standard InChI is InChI=1S/C6H13N3O/c1-2-6(10)9-4-7-3-8-5-9/h2,6-8,10H,1,3-5H2. The van der Waals surface area contributed by atoms with Crippen molar-refractivity contribution in [2.24, 2.45) is 0 Å². The van der Waals surface area contributed by atoms with Crippen LogP contribution in [-0.2, 0) is 0 Å². The number of nitrogens with zero attached hydrogens (tertiary/aromatic N) is 1. The van der Waals surface area contributed by atoms with E-state index in [9.17, 15) is 5.11 Å². The Bertz CT molecular complexity index is 112. The van der Waals surface area contributed by atoms with E-state index in [1.807, 2.05) is 4.90 Å². The molecule has 0 aromatic rings. The van der Waals surface area contributed by atoms with Gasteiger partial charge in [-0.2, -0.15) is 0 Å². The second-order valence-corrected chi connectivity index (χ2v) is 2.23. The van der Waals surface area contributed by atoms with E-state index in [1.165, 1.54) is 6.08 Å². The van der Waals surface area contributed by atoms with Crippen molar-refractivity contribution in [2.45, 2.75) is 6.23 Å². The molecule has 0 aromatic heterocycles. The average molecular weight is 143 g/mol. The summed E-state index contributed by atoms with van der Waals surface area (Å²) in [5, 5.41) is 15.3. The monoisotopic (exact) mass is 143 g/mol. The normalized spacial score (nSPS) is 24.1. The lowest BCUT2D eigenvalue weighted by molar-refractivity contribution is 0.0150. The van der Waals surface area contributed by atoms with E-state index < -0.39 is 6.23 Å². The van der Waals surface area contributed by atoms with Gasteiger partial charge >= 0.3 is 0 Å². The molecule has 0 saturated carbocycles. The van der Waals surface area contributed by atoms with Crippen molar-refractivity contribution in [1.82, 2.24) is 15.5 Å². The van der Waals surface area contributed by atoms with Crippen molar-refractivity contribution in [1.29, 1.82) is 0 Å². The van der Waals surface area contributed by atoms with Crippen LogP contribution in [0.5, 0.6) is 0 Å². The maximum Gasteiger partial charge on any atom is 0.128 e. The highest BCUT2D eigenvalue weighted by Crippen LogP contribution is 1.94. The Morgan fingerprint density at radius 2 is 2.10 bits per heavy atom. The first-order valence-electron chi connectivity index (χ1n) is 3.30. The molecule has 0 radical (unpaired) electrons. The lowest BCUT2D eigenvalue weighted by Crippen LogP contribution is -2.53. The van der Waals surface area contributed by atoms with Gasteiger partial charge in [0.05, 0.1) is 13.3 Å². The molecule has 1 heterocycles. The van der Waals surface area contributed by atoms with E-state index >= 15 is 0 Å². The molecule has 4 heteroatoms. The Balaban J connectivity index is 2.30. The first kappa shape index (κ1) is 7.68. The maximum atomic E-state index is 9.21. The minimum Gasteiger partial charge on any atom is -0.375 e. The minimum atomic E-state index is -0.541. The predicted molar refractivity (Wildman–Crippen MR) is 38.9 cm³/mol. The molecule has 0 aromatic carbocycles. The first-order valence-corrected chi connectivity index (χ1v) is 3.30. The summed E-state index contributed by atoms with van der Waals surface area (Å²) >= 11 is 0. The van der Waals surface area contributed by atoms with E-state index in [0.29, 0.717) is 13.3 Å². The van der Waals surface area contributed by atoms with Crippen LogP contribution < -0.4 is 10.6 Å². The third-order valence-electron chi connectivity index (χ3n) is 1.46. The molecule has 1 aliphatic heterocycles. The quantitative estimate of drug-likeness (QED) is 0.428. The number of aliphatic hydroxyl groups is 1. The molecule has 1 fully saturated rings. The Hall–Kier alpha value is -0.420. The summed E-state index contributed by atoms with van der Waals surface area (Å²) in [6.07, 6.45) is 0.967. The van der Waals surface area contributed by atoms with Gasteiger partial charge in [0.2, 0.25) is 0 Å². The molecule has 10 heavy (non-hydrogen) atoms. The predicted octanol–water partition coefficient (Wildman–Crippen LogP) is -1.14. The van der Waals surface area contributed by atoms with Gasteiger partial charge < -0.3 is 5.11 Å². The largest absolute Gasteiger partial charge is 0.375 e. The van der Waals surface area contributed by atoms with Gasteiger partial charge in [0, 0.05) is 6.67 Å². The van der Waals surface area contributed by atoms with Crippen LogP contribution in [0.3, 0.4) is 0 Å². The Labute approximate surface area is 60.5 Å². The first-order chi connectivity index (χ1) is 4.84. The minimum absolute atomic E-state index is 0.541. The molecule has 0 bridgehead atoms. The molecule has 0 spiro atoms. The summed E-state index contributed by atoms with van der Waals surface area (Å²) in [6, 6.07) is 0. The van der Waals surface area contributed by atoms with Crippen LogP contribution in [0.2, 0.25) is 0 Å². The molecule has 4 nitrogen and oxygen atoms in total. The lowest BCUT2D eigenvalue weighted by Gasteiger charge is -2.30. The lowest BCUT2D eigenvalue weighted by atomic mass is 10.5. The number of hydrogen-bond acceptors (Lipinski definition) is 4. The van der Waals surface area contributed by atoms with E-state index in [1.54, 1.807) is 0 Å². The molecule has 58 valence electrons. The molecule has 1 aliphatic rings.